The molecule has 9 nitrogen and oxygen atoms in total. The molecule has 0 aliphatic carbocycles. The maximum atomic E-state index is 13.0. The molecule has 0 unspecified atom stereocenters. The van der Waals surface area contributed by atoms with Crippen molar-refractivity contribution in [2.45, 2.75) is 13.0 Å². The molecular formula is C26H19N5O4. The SMILES string of the molecule is C[C@@H](NC(=O)/C(C#N)=C1\N=C(NC(=O)c2ccc([N+](=O)[O-])cc2)c2ccccc21)c1ccccc1. The van der Waals surface area contributed by atoms with E-state index in [1.54, 1.807) is 24.3 Å². The molecule has 0 bridgehead atoms. The summed E-state index contributed by atoms with van der Waals surface area (Å²) in [6.45, 7) is 1.81. The number of amides is 2. The van der Waals surface area contributed by atoms with Gasteiger partial charge in [0.2, 0.25) is 0 Å². The summed E-state index contributed by atoms with van der Waals surface area (Å²) in [6.07, 6.45) is 0. The van der Waals surface area contributed by atoms with Gasteiger partial charge in [0.05, 0.1) is 16.7 Å². The van der Waals surface area contributed by atoms with Crippen molar-refractivity contribution in [1.82, 2.24) is 10.6 Å². The van der Waals surface area contributed by atoms with Gasteiger partial charge in [0.1, 0.15) is 17.5 Å². The van der Waals surface area contributed by atoms with Crippen molar-refractivity contribution in [1.29, 1.82) is 5.26 Å². The molecule has 172 valence electrons. The molecule has 2 N–H and O–H groups in total. The molecule has 1 atom stereocenters. The molecule has 1 heterocycles. The number of hydrogen-bond donors (Lipinski definition) is 2. The van der Waals surface area contributed by atoms with Gasteiger partial charge in [-0.3, -0.25) is 19.7 Å². The third kappa shape index (κ3) is 4.82. The maximum Gasteiger partial charge on any atom is 0.269 e. The van der Waals surface area contributed by atoms with E-state index in [1.807, 2.05) is 43.3 Å². The quantitative estimate of drug-likeness (QED) is 0.255. The van der Waals surface area contributed by atoms with Crippen LogP contribution in [0.25, 0.3) is 5.70 Å². The van der Waals surface area contributed by atoms with Crippen LogP contribution in [0.5, 0.6) is 0 Å². The number of rotatable bonds is 5. The number of carbonyl (C=O) groups is 2. The zero-order valence-electron chi connectivity index (χ0n) is 18.6. The lowest BCUT2D eigenvalue weighted by atomic mass is 10.0. The predicted molar refractivity (Wildman–Crippen MR) is 129 cm³/mol. The molecule has 2 amide bonds. The molecule has 1 aliphatic heterocycles. The van der Waals surface area contributed by atoms with Crippen molar-refractivity contribution in [2.75, 3.05) is 0 Å². The number of nitrogens with zero attached hydrogens (tertiary/aromatic N) is 3. The van der Waals surface area contributed by atoms with Crippen molar-refractivity contribution in [2.24, 2.45) is 4.99 Å². The summed E-state index contributed by atoms with van der Waals surface area (Å²) in [5, 5.41) is 26.2. The molecule has 3 aromatic rings. The summed E-state index contributed by atoms with van der Waals surface area (Å²) in [5.41, 5.74) is 2.00. The number of non-ortho nitro benzene ring substituents is 1. The number of nitriles is 1. The number of nitro groups is 1. The minimum atomic E-state index is -0.583. The fraction of sp³-hybridized carbons (Fsp3) is 0.0769. The first kappa shape index (κ1) is 23.1. The van der Waals surface area contributed by atoms with E-state index in [2.05, 4.69) is 15.6 Å². The molecular weight excluding hydrogens is 446 g/mol. The van der Waals surface area contributed by atoms with Crippen LogP contribution in [0.2, 0.25) is 0 Å². The van der Waals surface area contributed by atoms with Gasteiger partial charge in [-0.1, -0.05) is 54.6 Å². The Bertz CT molecular complexity index is 1420. The summed E-state index contributed by atoms with van der Waals surface area (Å²) in [6, 6.07) is 23.0. The van der Waals surface area contributed by atoms with Crippen LogP contribution in [-0.2, 0) is 4.79 Å². The van der Waals surface area contributed by atoms with Crippen molar-refractivity contribution < 1.29 is 14.5 Å². The van der Waals surface area contributed by atoms with E-state index >= 15 is 0 Å². The summed E-state index contributed by atoms with van der Waals surface area (Å²) in [5.74, 6) is -0.939. The predicted octanol–water partition coefficient (Wildman–Crippen LogP) is 3.90. The summed E-state index contributed by atoms with van der Waals surface area (Å²) in [7, 11) is 0. The minimum Gasteiger partial charge on any atom is -0.345 e. The molecule has 0 spiro atoms. The Kier molecular flexibility index (Phi) is 6.46. The summed E-state index contributed by atoms with van der Waals surface area (Å²) >= 11 is 0. The molecule has 3 aromatic carbocycles. The van der Waals surface area contributed by atoms with Crippen LogP contribution in [-0.4, -0.2) is 22.6 Å². The van der Waals surface area contributed by atoms with Gasteiger partial charge in [-0.05, 0) is 24.6 Å². The van der Waals surface area contributed by atoms with E-state index in [1.165, 1.54) is 24.3 Å². The Morgan fingerprint density at radius 2 is 1.60 bits per heavy atom. The number of carbonyl (C=O) groups excluding carboxylic acids is 2. The third-order valence-corrected chi connectivity index (χ3v) is 5.46. The molecule has 4 rings (SSSR count). The lowest BCUT2D eigenvalue weighted by Gasteiger charge is -2.14. The number of benzene rings is 3. The van der Waals surface area contributed by atoms with Gasteiger partial charge in [-0.15, -0.1) is 0 Å². The van der Waals surface area contributed by atoms with Gasteiger partial charge in [0.15, 0.2) is 0 Å². The Morgan fingerprint density at radius 3 is 2.23 bits per heavy atom. The van der Waals surface area contributed by atoms with Crippen LogP contribution >= 0.6 is 0 Å². The van der Waals surface area contributed by atoms with Crippen LogP contribution in [0, 0.1) is 21.4 Å². The van der Waals surface area contributed by atoms with Crippen LogP contribution in [0.1, 0.15) is 40.0 Å². The summed E-state index contributed by atoms with van der Waals surface area (Å²) < 4.78 is 0. The number of amidine groups is 1. The van der Waals surface area contributed by atoms with Crippen molar-refractivity contribution in [3.05, 3.63) is 117 Å². The number of nitro benzene ring substituents is 1. The van der Waals surface area contributed by atoms with Crippen molar-refractivity contribution in [3.63, 3.8) is 0 Å². The first-order valence-corrected chi connectivity index (χ1v) is 10.6. The monoisotopic (exact) mass is 465 g/mol. The first-order chi connectivity index (χ1) is 16.9. The van der Waals surface area contributed by atoms with Gasteiger partial charge >= 0.3 is 0 Å². The molecule has 0 saturated heterocycles. The van der Waals surface area contributed by atoms with Gasteiger partial charge in [0.25, 0.3) is 17.5 Å². The molecule has 1 aliphatic rings. The highest BCUT2D eigenvalue weighted by Gasteiger charge is 2.28. The fourth-order valence-electron chi connectivity index (χ4n) is 3.63. The lowest BCUT2D eigenvalue weighted by Crippen LogP contribution is -2.30. The average molecular weight is 465 g/mol. The van der Waals surface area contributed by atoms with E-state index < -0.39 is 16.7 Å². The van der Waals surface area contributed by atoms with Crippen LogP contribution < -0.4 is 10.6 Å². The number of aliphatic imine (C=N–C) groups is 1. The number of hydrogen-bond acceptors (Lipinski definition) is 6. The Hall–Kier alpha value is -5.10. The number of nitrogens with one attached hydrogen (secondary N) is 2. The smallest absolute Gasteiger partial charge is 0.269 e. The van der Waals surface area contributed by atoms with Gasteiger partial charge in [0, 0.05) is 28.8 Å². The zero-order chi connectivity index (χ0) is 24.9. The van der Waals surface area contributed by atoms with E-state index in [-0.39, 0.29) is 34.4 Å². The molecule has 9 heteroatoms. The zero-order valence-corrected chi connectivity index (χ0v) is 18.6. The minimum absolute atomic E-state index is 0.135. The molecule has 35 heavy (non-hydrogen) atoms. The molecule has 0 radical (unpaired) electrons. The highest BCUT2D eigenvalue weighted by Crippen LogP contribution is 2.31. The Balaban J connectivity index is 1.63. The number of fused-ring (bicyclic) bond motifs is 1. The van der Waals surface area contributed by atoms with Crippen LogP contribution in [0.15, 0.2) is 89.4 Å². The Morgan fingerprint density at radius 1 is 0.971 bits per heavy atom. The second-order valence-corrected chi connectivity index (χ2v) is 7.71. The first-order valence-electron chi connectivity index (χ1n) is 10.6. The van der Waals surface area contributed by atoms with E-state index in [4.69, 9.17) is 0 Å². The van der Waals surface area contributed by atoms with Crippen LogP contribution in [0.4, 0.5) is 5.69 Å². The summed E-state index contributed by atoms with van der Waals surface area (Å²) in [4.78, 5) is 40.5. The maximum absolute atomic E-state index is 13.0. The highest BCUT2D eigenvalue weighted by molar-refractivity contribution is 6.20. The van der Waals surface area contributed by atoms with Crippen molar-refractivity contribution >= 4 is 29.0 Å². The van der Waals surface area contributed by atoms with Gasteiger partial charge in [-0.25, -0.2) is 4.99 Å². The van der Waals surface area contributed by atoms with E-state index in [0.717, 1.165) is 5.56 Å². The standard InChI is InChI=1S/C26H19N5O4/c1-16(17-7-3-2-4-8-17)28-26(33)22(15-27)23-20-9-5-6-10-21(20)24(29-23)30-25(32)18-11-13-19(14-12-18)31(34)35/h2-14,16H,1H3,(H,28,33)(H,29,30,32)/b23-22-/t16-/m1/s1. The topological polar surface area (TPSA) is 137 Å². The molecule has 0 fully saturated rings. The second kappa shape index (κ2) is 9.80. The molecule has 0 saturated carbocycles. The van der Waals surface area contributed by atoms with E-state index in [0.29, 0.717) is 11.1 Å². The van der Waals surface area contributed by atoms with Crippen LogP contribution in [0.3, 0.4) is 0 Å². The Labute approximate surface area is 200 Å². The average Bonchev–Trinajstić information content (AvgIpc) is 3.23. The normalized spacial score (nSPS) is 14.1. The second-order valence-electron chi connectivity index (χ2n) is 7.71. The highest BCUT2D eigenvalue weighted by atomic mass is 16.6. The molecule has 0 aromatic heterocycles. The fourth-order valence-corrected chi connectivity index (χ4v) is 3.63. The van der Waals surface area contributed by atoms with Gasteiger partial charge in [-0.2, -0.15) is 5.26 Å². The van der Waals surface area contributed by atoms with Crippen molar-refractivity contribution in [3.8, 4) is 6.07 Å². The largest absolute Gasteiger partial charge is 0.345 e. The lowest BCUT2D eigenvalue weighted by molar-refractivity contribution is -0.384. The third-order valence-electron chi connectivity index (χ3n) is 5.46. The van der Waals surface area contributed by atoms with Gasteiger partial charge < -0.3 is 10.6 Å². The van der Waals surface area contributed by atoms with E-state index in [9.17, 15) is 25.0 Å².